The maximum Gasteiger partial charge on any atom is 0.138 e. The van der Waals surface area contributed by atoms with Gasteiger partial charge in [0.2, 0.25) is 0 Å². The molecule has 1 saturated heterocycles. The summed E-state index contributed by atoms with van der Waals surface area (Å²) < 4.78 is 7.76. The second-order valence-electron chi connectivity index (χ2n) is 7.56. The van der Waals surface area contributed by atoms with Gasteiger partial charge >= 0.3 is 0 Å². The predicted molar refractivity (Wildman–Crippen MR) is 124 cm³/mol. The molecular weight excluding hydrogens is 410 g/mol. The SMILES string of the molecule is OC(COc1ccccc1CNCc1ccccc1-n1cncn1)CN1CCSCC1. The third kappa shape index (κ3) is 6.30. The average molecular weight is 440 g/mol. The third-order valence-corrected chi connectivity index (χ3v) is 6.21. The highest BCUT2D eigenvalue weighted by atomic mass is 32.2. The van der Waals surface area contributed by atoms with E-state index in [1.165, 1.54) is 6.33 Å². The van der Waals surface area contributed by atoms with E-state index in [1.54, 1.807) is 11.0 Å². The van der Waals surface area contributed by atoms with Gasteiger partial charge < -0.3 is 15.2 Å². The van der Waals surface area contributed by atoms with Crippen LogP contribution in [0.5, 0.6) is 5.75 Å². The number of aromatic nitrogens is 3. The molecule has 2 aromatic carbocycles. The van der Waals surface area contributed by atoms with Crippen LogP contribution in [0.4, 0.5) is 0 Å². The molecule has 2 heterocycles. The zero-order valence-corrected chi connectivity index (χ0v) is 18.4. The third-order valence-electron chi connectivity index (χ3n) is 5.26. The summed E-state index contributed by atoms with van der Waals surface area (Å²) in [4.78, 5) is 6.35. The van der Waals surface area contributed by atoms with Gasteiger partial charge in [0.1, 0.15) is 31.1 Å². The Bertz CT molecular complexity index is 931. The summed E-state index contributed by atoms with van der Waals surface area (Å²) in [5.41, 5.74) is 3.22. The first-order valence-corrected chi connectivity index (χ1v) is 11.8. The Morgan fingerprint density at radius 3 is 2.58 bits per heavy atom. The van der Waals surface area contributed by atoms with Crippen LogP contribution in [0.3, 0.4) is 0 Å². The molecule has 2 N–H and O–H groups in total. The van der Waals surface area contributed by atoms with Crippen LogP contribution >= 0.6 is 11.8 Å². The van der Waals surface area contributed by atoms with E-state index in [0.29, 0.717) is 26.2 Å². The van der Waals surface area contributed by atoms with E-state index in [2.05, 4.69) is 32.4 Å². The van der Waals surface area contributed by atoms with Crippen LogP contribution in [0.2, 0.25) is 0 Å². The van der Waals surface area contributed by atoms with Crippen LogP contribution in [0.1, 0.15) is 11.1 Å². The molecule has 3 aromatic rings. The molecule has 1 fully saturated rings. The summed E-state index contributed by atoms with van der Waals surface area (Å²) in [6.07, 6.45) is 2.76. The molecule has 0 amide bonds. The molecule has 31 heavy (non-hydrogen) atoms. The first-order chi connectivity index (χ1) is 15.3. The highest BCUT2D eigenvalue weighted by molar-refractivity contribution is 7.99. The number of ether oxygens (including phenoxy) is 1. The van der Waals surface area contributed by atoms with Gasteiger partial charge in [-0.05, 0) is 17.7 Å². The van der Waals surface area contributed by atoms with Crippen LogP contribution in [0.25, 0.3) is 5.69 Å². The molecule has 1 unspecified atom stereocenters. The number of hydrogen-bond acceptors (Lipinski definition) is 7. The highest BCUT2D eigenvalue weighted by Crippen LogP contribution is 2.19. The summed E-state index contributed by atoms with van der Waals surface area (Å²) in [5.74, 6) is 3.09. The number of thioether (sulfide) groups is 1. The Kier molecular flexibility index (Phi) is 7.95. The molecule has 1 aliphatic rings. The fourth-order valence-electron chi connectivity index (χ4n) is 3.66. The summed E-state index contributed by atoms with van der Waals surface area (Å²) in [6, 6.07) is 16.1. The van der Waals surface area contributed by atoms with E-state index in [-0.39, 0.29) is 0 Å². The molecule has 164 valence electrons. The van der Waals surface area contributed by atoms with Crippen molar-refractivity contribution < 1.29 is 9.84 Å². The lowest BCUT2D eigenvalue weighted by atomic mass is 10.1. The highest BCUT2D eigenvalue weighted by Gasteiger charge is 2.16. The van der Waals surface area contributed by atoms with Crippen molar-refractivity contribution in [2.75, 3.05) is 37.7 Å². The molecule has 0 bridgehead atoms. The van der Waals surface area contributed by atoms with Crippen molar-refractivity contribution in [3.8, 4) is 11.4 Å². The normalized spacial score (nSPS) is 15.6. The van der Waals surface area contributed by atoms with Crippen LogP contribution in [-0.4, -0.2) is 68.6 Å². The lowest BCUT2D eigenvalue weighted by Crippen LogP contribution is -2.40. The van der Waals surface area contributed by atoms with Crippen LogP contribution in [0.15, 0.2) is 61.2 Å². The predicted octanol–water partition coefficient (Wildman–Crippen LogP) is 2.35. The van der Waals surface area contributed by atoms with Crippen molar-refractivity contribution in [2.24, 2.45) is 0 Å². The quantitative estimate of drug-likeness (QED) is 0.502. The maximum atomic E-state index is 10.4. The molecule has 0 saturated carbocycles. The minimum absolute atomic E-state index is 0.301. The van der Waals surface area contributed by atoms with Crippen LogP contribution in [-0.2, 0) is 13.1 Å². The molecule has 8 heteroatoms. The number of nitrogens with one attached hydrogen (secondary N) is 1. The van der Waals surface area contributed by atoms with Crippen molar-refractivity contribution in [1.29, 1.82) is 0 Å². The van der Waals surface area contributed by atoms with Crippen molar-refractivity contribution in [1.82, 2.24) is 25.0 Å². The number of aliphatic hydroxyl groups excluding tert-OH is 1. The fraction of sp³-hybridized carbons (Fsp3) is 0.391. The van der Waals surface area contributed by atoms with Crippen molar-refractivity contribution >= 4 is 11.8 Å². The van der Waals surface area contributed by atoms with Crippen molar-refractivity contribution in [3.05, 3.63) is 72.3 Å². The molecule has 7 nitrogen and oxygen atoms in total. The number of aliphatic hydroxyl groups is 1. The molecule has 1 aromatic heterocycles. The Morgan fingerprint density at radius 2 is 1.77 bits per heavy atom. The summed E-state index contributed by atoms with van der Waals surface area (Å²) >= 11 is 1.97. The van der Waals surface area contributed by atoms with Gasteiger partial charge in [-0.15, -0.1) is 0 Å². The zero-order chi connectivity index (χ0) is 21.3. The number of rotatable bonds is 10. The van der Waals surface area contributed by atoms with Gasteiger partial charge in [0.25, 0.3) is 0 Å². The van der Waals surface area contributed by atoms with Gasteiger partial charge in [0.05, 0.1) is 5.69 Å². The Labute approximate surface area is 187 Å². The summed E-state index contributed by atoms with van der Waals surface area (Å²) in [7, 11) is 0. The minimum Gasteiger partial charge on any atom is -0.491 e. The summed E-state index contributed by atoms with van der Waals surface area (Å²) in [5, 5.41) is 18.1. The van der Waals surface area contributed by atoms with E-state index in [4.69, 9.17) is 4.74 Å². The van der Waals surface area contributed by atoms with E-state index >= 15 is 0 Å². The Morgan fingerprint density at radius 1 is 1.03 bits per heavy atom. The number of benzene rings is 2. The smallest absolute Gasteiger partial charge is 0.138 e. The second kappa shape index (κ2) is 11.3. The van der Waals surface area contributed by atoms with Gasteiger partial charge in [-0.25, -0.2) is 9.67 Å². The van der Waals surface area contributed by atoms with E-state index < -0.39 is 6.10 Å². The molecule has 0 radical (unpaired) electrons. The first-order valence-electron chi connectivity index (χ1n) is 10.6. The lowest BCUT2D eigenvalue weighted by Gasteiger charge is -2.28. The van der Waals surface area contributed by atoms with Gasteiger partial charge in [-0.2, -0.15) is 16.9 Å². The first kappa shape index (κ1) is 21.8. The van der Waals surface area contributed by atoms with Crippen molar-refractivity contribution in [3.63, 3.8) is 0 Å². The second-order valence-corrected chi connectivity index (χ2v) is 8.78. The average Bonchev–Trinajstić information content (AvgIpc) is 3.34. The van der Waals surface area contributed by atoms with Crippen molar-refractivity contribution in [2.45, 2.75) is 19.2 Å². The van der Waals surface area contributed by atoms with Gasteiger partial charge in [-0.3, -0.25) is 4.90 Å². The van der Waals surface area contributed by atoms with Gasteiger partial charge in [-0.1, -0.05) is 36.4 Å². The van der Waals surface area contributed by atoms with Gasteiger partial charge in [0, 0.05) is 49.8 Å². The fourth-order valence-corrected chi connectivity index (χ4v) is 4.64. The maximum absolute atomic E-state index is 10.4. The molecule has 4 rings (SSSR count). The molecule has 0 aliphatic carbocycles. The number of para-hydroxylation sites is 2. The summed E-state index contributed by atoms with van der Waals surface area (Å²) in [6.45, 7) is 4.41. The number of nitrogens with zero attached hydrogens (tertiary/aromatic N) is 4. The molecule has 1 atom stereocenters. The Hall–Kier alpha value is -2.39. The topological polar surface area (TPSA) is 75.4 Å². The van der Waals surface area contributed by atoms with E-state index in [1.807, 2.05) is 48.2 Å². The van der Waals surface area contributed by atoms with E-state index in [0.717, 1.165) is 47.2 Å². The lowest BCUT2D eigenvalue weighted by molar-refractivity contribution is 0.0711. The Balaban J connectivity index is 1.30. The molecular formula is C23H29N5O2S. The number of β-amino-alcohol motifs (C(OH)–C–C–N with tert-alkyl or cyclic N) is 1. The zero-order valence-electron chi connectivity index (χ0n) is 17.6. The molecule has 0 spiro atoms. The van der Waals surface area contributed by atoms with Crippen LogP contribution < -0.4 is 10.1 Å². The standard InChI is InChI=1S/C23H29N5O2S/c29-21(15-27-9-11-31-12-10-27)16-30-23-8-4-2-6-20(23)14-24-13-19-5-1-3-7-22(19)28-18-25-17-26-28/h1-8,17-18,21,24,29H,9-16H2. The molecule has 1 aliphatic heterocycles. The van der Waals surface area contributed by atoms with Gasteiger partial charge in [0.15, 0.2) is 0 Å². The number of hydrogen-bond donors (Lipinski definition) is 2. The monoisotopic (exact) mass is 439 g/mol. The largest absolute Gasteiger partial charge is 0.491 e. The minimum atomic E-state index is -0.487. The van der Waals surface area contributed by atoms with E-state index in [9.17, 15) is 5.11 Å². The van der Waals surface area contributed by atoms with Crippen LogP contribution in [0, 0.1) is 0 Å².